The van der Waals surface area contributed by atoms with Crippen molar-refractivity contribution in [3.05, 3.63) is 34.9 Å². The Labute approximate surface area is 131 Å². The van der Waals surface area contributed by atoms with E-state index in [1.54, 1.807) is 0 Å². The minimum absolute atomic E-state index is 0.0196. The highest BCUT2D eigenvalue weighted by Crippen LogP contribution is 2.43. The van der Waals surface area contributed by atoms with Gasteiger partial charge in [0.25, 0.3) is 0 Å². The third kappa shape index (κ3) is 3.11. The van der Waals surface area contributed by atoms with Crippen molar-refractivity contribution < 1.29 is 9.47 Å². The SMILES string of the molecule is CC(N)(c1ccc(Cl)cc1)C1CCOC2(CCOCC2)C1. The molecule has 2 aliphatic rings. The zero-order chi connectivity index (χ0) is 14.9. The molecule has 0 aliphatic carbocycles. The van der Waals surface area contributed by atoms with Gasteiger partial charge in [0.1, 0.15) is 0 Å². The third-order valence-corrected chi connectivity index (χ3v) is 5.46. The molecular weight excluding hydrogens is 286 g/mol. The predicted molar refractivity (Wildman–Crippen MR) is 84.5 cm³/mol. The van der Waals surface area contributed by atoms with Gasteiger partial charge in [0.2, 0.25) is 0 Å². The molecule has 2 unspecified atom stereocenters. The highest BCUT2D eigenvalue weighted by molar-refractivity contribution is 6.30. The zero-order valence-corrected chi connectivity index (χ0v) is 13.4. The Morgan fingerprint density at radius 2 is 1.86 bits per heavy atom. The van der Waals surface area contributed by atoms with Gasteiger partial charge in [-0.1, -0.05) is 23.7 Å². The Bertz CT molecular complexity index is 475. The summed E-state index contributed by atoms with van der Waals surface area (Å²) in [5.41, 5.74) is 7.51. The van der Waals surface area contributed by atoms with E-state index >= 15 is 0 Å². The minimum atomic E-state index is -0.348. The van der Waals surface area contributed by atoms with E-state index < -0.39 is 0 Å². The van der Waals surface area contributed by atoms with Gasteiger partial charge < -0.3 is 15.2 Å². The van der Waals surface area contributed by atoms with Crippen LogP contribution in [0.2, 0.25) is 5.02 Å². The molecule has 0 aromatic heterocycles. The van der Waals surface area contributed by atoms with Crippen LogP contribution in [-0.2, 0) is 15.0 Å². The van der Waals surface area contributed by atoms with E-state index in [2.05, 4.69) is 19.1 Å². The van der Waals surface area contributed by atoms with Gasteiger partial charge in [-0.2, -0.15) is 0 Å². The van der Waals surface area contributed by atoms with Gasteiger partial charge in [-0.05, 0) is 56.2 Å². The molecule has 116 valence electrons. The molecule has 2 fully saturated rings. The molecule has 0 amide bonds. The van der Waals surface area contributed by atoms with E-state index in [9.17, 15) is 0 Å². The molecule has 1 spiro atoms. The maximum Gasteiger partial charge on any atom is 0.0729 e. The van der Waals surface area contributed by atoms with Crippen molar-refractivity contribution in [3.8, 4) is 0 Å². The second kappa shape index (κ2) is 5.88. The van der Waals surface area contributed by atoms with Crippen molar-refractivity contribution in [1.82, 2.24) is 0 Å². The lowest BCUT2D eigenvalue weighted by Crippen LogP contribution is -2.51. The second-order valence-electron chi connectivity index (χ2n) is 6.62. The Kier molecular flexibility index (Phi) is 4.28. The zero-order valence-electron chi connectivity index (χ0n) is 12.6. The van der Waals surface area contributed by atoms with Gasteiger partial charge in [0.15, 0.2) is 0 Å². The van der Waals surface area contributed by atoms with Crippen LogP contribution in [0.25, 0.3) is 0 Å². The van der Waals surface area contributed by atoms with Gasteiger partial charge in [0.05, 0.1) is 5.60 Å². The summed E-state index contributed by atoms with van der Waals surface area (Å²) in [5, 5.41) is 0.752. The smallest absolute Gasteiger partial charge is 0.0729 e. The summed E-state index contributed by atoms with van der Waals surface area (Å²) < 4.78 is 11.6. The Hall–Kier alpha value is -0.610. The first kappa shape index (κ1) is 15.3. The molecule has 0 radical (unpaired) electrons. The van der Waals surface area contributed by atoms with E-state index in [0.717, 1.165) is 56.1 Å². The monoisotopic (exact) mass is 309 g/mol. The van der Waals surface area contributed by atoms with Crippen molar-refractivity contribution in [2.24, 2.45) is 11.7 Å². The van der Waals surface area contributed by atoms with Crippen molar-refractivity contribution in [3.63, 3.8) is 0 Å². The molecule has 0 bridgehead atoms. The Morgan fingerprint density at radius 3 is 2.52 bits per heavy atom. The molecule has 2 heterocycles. The number of hydrogen-bond acceptors (Lipinski definition) is 3. The van der Waals surface area contributed by atoms with Crippen LogP contribution in [0.4, 0.5) is 0 Å². The number of nitrogens with two attached hydrogens (primary N) is 1. The molecule has 4 heteroatoms. The molecular formula is C17H24ClNO2. The summed E-state index contributed by atoms with van der Waals surface area (Å²) in [6.07, 6.45) is 4.00. The number of benzene rings is 1. The first-order valence-electron chi connectivity index (χ1n) is 7.79. The summed E-state index contributed by atoms with van der Waals surface area (Å²) in [6.45, 7) is 4.54. The van der Waals surface area contributed by atoms with Crippen molar-refractivity contribution in [1.29, 1.82) is 0 Å². The summed E-state index contributed by atoms with van der Waals surface area (Å²) in [5.74, 6) is 0.422. The standard InChI is InChI=1S/C17H24ClNO2/c1-16(19,13-2-4-15(18)5-3-13)14-6-9-21-17(12-14)7-10-20-11-8-17/h2-5,14H,6-12,19H2,1H3. The predicted octanol–water partition coefficient (Wildman–Crippen LogP) is 3.49. The van der Waals surface area contributed by atoms with Crippen molar-refractivity contribution in [2.45, 2.75) is 43.7 Å². The quantitative estimate of drug-likeness (QED) is 0.909. The van der Waals surface area contributed by atoms with Crippen molar-refractivity contribution in [2.75, 3.05) is 19.8 Å². The molecule has 1 aromatic rings. The molecule has 0 saturated carbocycles. The second-order valence-corrected chi connectivity index (χ2v) is 7.06. The fourth-order valence-corrected chi connectivity index (χ4v) is 3.80. The molecule has 3 nitrogen and oxygen atoms in total. The van der Waals surface area contributed by atoms with Gasteiger partial charge in [-0.15, -0.1) is 0 Å². The van der Waals surface area contributed by atoms with Crippen LogP contribution < -0.4 is 5.73 Å². The number of halogens is 1. The maximum absolute atomic E-state index is 6.72. The molecule has 21 heavy (non-hydrogen) atoms. The van der Waals surface area contributed by atoms with E-state index in [1.165, 1.54) is 0 Å². The minimum Gasteiger partial charge on any atom is -0.381 e. The van der Waals surface area contributed by atoms with E-state index in [-0.39, 0.29) is 11.1 Å². The normalized spacial score (nSPS) is 28.2. The van der Waals surface area contributed by atoms with Crippen LogP contribution in [0.15, 0.2) is 24.3 Å². The van der Waals surface area contributed by atoms with E-state index in [4.69, 9.17) is 26.8 Å². The fourth-order valence-electron chi connectivity index (χ4n) is 3.68. The van der Waals surface area contributed by atoms with Crippen LogP contribution in [0.1, 0.15) is 38.2 Å². The Balaban J connectivity index is 1.79. The average Bonchev–Trinajstić information content (AvgIpc) is 2.48. The Morgan fingerprint density at radius 1 is 1.19 bits per heavy atom. The van der Waals surface area contributed by atoms with E-state index in [1.807, 2.05) is 12.1 Å². The van der Waals surface area contributed by atoms with E-state index in [0.29, 0.717) is 5.92 Å². The summed E-state index contributed by atoms with van der Waals surface area (Å²) in [6, 6.07) is 7.94. The first-order chi connectivity index (χ1) is 10.0. The van der Waals surface area contributed by atoms with Crippen molar-refractivity contribution >= 4 is 11.6 Å². The summed E-state index contributed by atoms with van der Waals surface area (Å²) in [4.78, 5) is 0. The molecule has 2 aliphatic heterocycles. The largest absolute Gasteiger partial charge is 0.381 e. The summed E-state index contributed by atoms with van der Waals surface area (Å²) >= 11 is 5.99. The topological polar surface area (TPSA) is 44.5 Å². The van der Waals surface area contributed by atoms with Gasteiger partial charge in [-0.25, -0.2) is 0 Å². The van der Waals surface area contributed by atoms with Crippen LogP contribution in [0.5, 0.6) is 0 Å². The number of hydrogen-bond donors (Lipinski definition) is 1. The molecule has 2 atom stereocenters. The fraction of sp³-hybridized carbons (Fsp3) is 0.647. The average molecular weight is 310 g/mol. The lowest BCUT2D eigenvalue weighted by Gasteiger charge is -2.47. The number of ether oxygens (including phenoxy) is 2. The molecule has 2 N–H and O–H groups in total. The van der Waals surface area contributed by atoms with Gasteiger partial charge in [-0.3, -0.25) is 0 Å². The summed E-state index contributed by atoms with van der Waals surface area (Å²) in [7, 11) is 0. The number of rotatable bonds is 2. The molecule has 3 rings (SSSR count). The lowest BCUT2D eigenvalue weighted by atomic mass is 9.70. The lowest BCUT2D eigenvalue weighted by molar-refractivity contribution is -0.154. The molecule has 1 aromatic carbocycles. The van der Waals surface area contributed by atoms with Crippen LogP contribution in [-0.4, -0.2) is 25.4 Å². The third-order valence-electron chi connectivity index (χ3n) is 5.21. The highest BCUT2D eigenvalue weighted by Gasteiger charge is 2.44. The van der Waals surface area contributed by atoms with Gasteiger partial charge in [0, 0.05) is 30.4 Å². The molecule has 2 saturated heterocycles. The highest BCUT2D eigenvalue weighted by atomic mass is 35.5. The maximum atomic E-state index is 6.72. The van der Waals surface area contributed by atoms with Gasteiger partial charge >= 0.3 is 0 Å². The van der Waals surface area contributed by atoms with Crippen LogP contribution in [0.3, 0.4) is 0 Å². The van der Waals surface area contributed by atoms with Crippen LogP contribution >= 0.6 is 11.6 Å². The first-order valence-corrected chi connectivity index (χ1v) is 8.16. The van der Waals surface area contributed by atoms with Crippen LogP contribution in [0, 0.1) is 5.92 Å².